The number of aromatic nitrogens is 3. The highest BCUT2D eigenvalue weighted by Crippen LogP contribution is 2.43. The van der Waals surface area contributed by atoms with E-state index in [-0.39, 0.29) is 23.8 Å². The van der Waals surface area contributed by atoms with Gasteiger partial charge >= 0.3 is 5.97 Å². The minimum Gasteiger partial charge on any atom is -0.492 e. The Morgan fingerprint density at radius 3 is 2.94 bits per heavy atom. The topological polar surface area (TPSA) is 93.1 Å². The van der Waals surface area contributed by atoms with Gasteiger partial charge in [-0.15, -0.1) is 5.10 Å². The van der Waals surface area contributed by atoms with Gasteiger partial charge in [0, 0.05) is 11.6 Å². The summed E-state index contributed by atoms with van der Waals surface area (Å²) in [6, 6.07) is 10.8. The van der Waals surface area contributed by atoms with Gasteiger partial charge in [-0.05, 0) is 50.1 Å². The van der Waals surface area contributed by atoms with Gasteiger partial charge < -0.3 is 14.3 Å². The Balaban J connectivity index is 1.56. The van der Waals surface area contributed by atoms with E-state index in [1.807, 2.05) is 31.2 Å². The van der Waals surface area contributed by atoms with Crippen molar-refractivity contribution in [3.8, 4) is 17.5 Å². The second kappa shape index (κ2) is 9.17. The molecule has 1 aliphatic heterocycles. The van der Waals surface area contributed by atoms with Gasteiger partial charge in [-0.1, -0.05) is 41.1 Å². The molecule has 0 amide bonds. The number of likely N-dealkylation sites (tertiary alicyclic amines) is 1. The van der Waals surface area contributed by atoms with Crippen molar-refractivity contribution < 1.29 is 19.1 Å². The van der Waals surface area contributed by atoms with E-state index in [2.05, 4.69) is 15.0 Å². The van der Waals surface area contributed by atoms with Crippen molar-refractivity contribution in [1.82, 2.24) is 19.5 Å². The van der Waals surface area contributed by atoms with Gasteiger partial charge in [0.25, 0.3) is 0 Å². The van der Waals surface area contributed by atoms with Crippen LogP contribution in [0.2, 0.25) is 5.02 Å². The Labute approximate surface area is 199 Å². The van der Waals surface area contributed by atoms with Crippen molar-refractivity contribution in [2.45, 2.75) is 25.8 Å². The molecule has 0 unspecified atom stereocenters. The molecule has 0 aliphatic carbocycles. The van der Waals surface area contributed by atoms with Crippen LogP contribution in [0.5, 0.6) is 5.88 Å². The van der Waals surface area contributed by atoms with Crippen molar-refractivity contribution >= 4 is 33.9 Å². The number of carbonyl (C=O) groups excluding carboxylic acids is 1. The summed E-state index contributed by atoms with van der Waals surface area (Å²) in [6.45, 7) is 3.44. The lowest BCUT2D eigenvalue weighted by molar-refractivity contribution is -0.150. The Kier molecular flexibility index (Phi) is 6.09. The highest BCUT2D eigenvalue weighted by molar-refractivity contribution is 7.17. The second-order valence-corrected chi connectivity index (χ2v) is 9.32. The molecule has 5 rings (SSSR count). The fourth-order valence-corrected chi connectivity index (χ4v) is 5.68. The van der Waals surface area contributed by atoms with Crippen LogP contribution in [0.1, 0.15) is 36.2 Å². The number of ether oxygens (including phenoxy) is 1. The zero-order valence-corrected chi connectivity index (χ0v) is 19.6. The van der Waals surface area contributed by atoms with Crippen LogP contribution in [0, 0.1) is 5.92 Å². The Bertz CT molecular complexity index is 1270. The minimum atomic E-state index is -0.350. The van der Waals surface area contributed by atoms with Crippen LogP contribution >= 0.6 is 22.9 Å². The summed E-state index contributed by atoms with van der Waals surface area (Å²) in [5.41, 5.74) is 0.856. The van der Waals surface area contributed by atoms with Gasteiger partial charge in [0.15, 0.2) is 5.76 Å². The Morgan fingerprint density at radius 1 is 1.36 bits per heavy atom. The molecule has 0 radical (unpaired) electrons. The maximum Gasteiger partial charge on any atom is 0.310 e. The number of benzene rings is 1. The van der Waals surface area contributed by atoms with Crippen LogP contribution in [0.4, 0.5) is 0 Å². The van der Waals surface area contributed by atoms with Gasteiger partial charge in [-0.25, -0.2) is 0 Å². The molecule has 2 atom stereocenters. The molecule has 1 fully saturated rings. The molecular formula is C23H23ClN4O4S. The van der Waals surface area contributed by atoms with Crippen LogP contribution in [0.25, 0.3) is 16.5 Å². The zero-order valence-electron chi connectivity index (χ0n) is 18.0. The molecule has 0 saturated carbocycles. The summed E-state index contributed by atoms with van der Waals surface area (Å²) in [6.07, 6.45) is 3.17. The van der Waals surface area contributed by atoms with Crippen molar-refractivity contribution in [1.29, 1.82) is 0 Å². The van der Waals surface area contributed by atoms with Gasteiger partial charge in [-0.2, -0.15) is 9.50 Å². The highest BCUT2D eigenvalue weighted by Gasteiger charge is 2.36. The molecule has 1 N–H and O–H groups in total. The molecule has 1 aliphatic rings. The first-order chi connectivity index (χ1) is 16.1. The van der Waals surface area contributed by atoms with Crippen LogP contribution in [0.3, 0.4) is 0 Å². The maximum absolute atomic E-state index is 12.5. The fourth-order valence-electron chi connectivity index (χ4n) is 4.33. The third-order valence-electron chi connectivity index (χ3n) is 5.83. The summed E-state index contributed by atoms with van der Waals surface area (Å²) >= 11 is 7.96. The van der Waals surface area contributed by atoms with Gasteiger partial charge in [0.1, 0.15) is 0 Å². The molecule has 0 spiro atoms. The number of aromatic hydroxyl groups is 1. The standard InChI is InChI=1S/C23H23ClN4O4S/c1-2-31-22(30)14-7-5-11-27(13-14)18(15-8-3-4-9-16(15)24)19-21(29)28-23(33-19)25-20(26-28)17-10-6-12-32-17/h3-4,6,8-10,12,14,18,29H,2,5,7,11,13H2,1H3/t14-,18+/m0/s1. The van der Waals surface area contributed by atoms with Crippen molar-refractivity contribution in [3.05, 3.63) is 58.1 Å². The number of furan rings is 1. The van der Waals surface area contributed by atoms with Crippen molar-refractivity contribution in [3.63, 3.8) is 0 Å². The number of rotatable bonds is 6. The van der Waals surface area contributed by atoms with E-state index in [1.165, 1.54) is 15.9 Å². The third kappa shape index (κ3) is 4.12. The fraction of sp³-hybridized carbons (Fsp3) is 0.348. The number of nitrogens with zero attached hydrogens (tertiary/aromatic N) is 4. The smallest absolute Gasteiger partial charge is 0.310 e. The summed E-state index contributed by atoms with van der Waals surface area (Å²) in [7, 11) is 0. The normalized spacial score (nSPS) is 17.9. The molecule has 33 heavy (non-hydrogen) atoms. The molecule has 8 nitrogen and oxygen atoms in total. The van der Waals surface area contributed by atoms with Crippen molar-refractivity contribution in [2.75, 3.05) is 19.7 Å². The van der Waals surface area contributed by atoms with E-state index < -0.39 is 0 Å². The number of hydrogen-bond donors (Lipinski definition) is 1. The molecule has 10 heteroatoms. The van der Waals surface area contributed by atoms with E-state index >= 15 is 0 Å². The van der Waals surface area contributed by atoms with Gasteiger partial charge in [0.2, 0.25) is 16.7 Å². The maximum atomic E-state index is 12.5. The summed E-state index contributed by atoms with van der Waals surface area (Å²) in [5.74, 6) is 0.530. The molecule has 1 aromatic carbocycles. The molecule has 4 heterocycles. The zero-order chi connectivity index (χ0) is 22.9. The lowest BCUT2D eigenvalue weighted by atomic mass is 9.94. The Morgan fingerprint density at radius 2 is 2.21 bits per heavy atom. The van der Waals surface area contributed by atoms with E-state index in [4.69, 9.17) is 20.8 Å². The molecular weight excluding hydrogens is 464 g/mol. The van der Waals surface area contributed by atoms with E-state index in [0.717, 1.165) is 24.9 Å². The molecule has 0 bridgehead atoms. The van der Waals surface area contributed by atoms with E-state index in [9.17, 15) is 9.90 Å². The summed E-state index contributed by atoms with van der Waals surface area (Å²) in [5, 5.41) is 16.2. The Hall–Kier alpha value is -2.88. The van der Waals surface area contributed by atoms with Crippen LogP contribution in [-0.2, 0) is 9.53 Å². The first-order valence-electron chi connectivity index (χ1n) is 10.8. The average molecular weight is 487 g/mol. The van der Waals surface area contributed by atoms with Gasteiger partial charge in [0.05, 0.1) is 29.7 Å². The predicted molar refractivity (Wildman–Crippen MR) is 124 cm³/mol. The molecule has 1 saturated heterocycles. The number of esters is 1. The van der Waals surface area contributed by atoms with Crippen LogP contribution in [0.15, 0.2) is 47.1 Å². The summed E-state index contributed by atoms with van der Waals surface area (Å²) < 4.78 is 12.1. The van der Waals surface area contributed by atoms with Gasteiger partial charge in [-0.3, -0.25) is 9.69 Å². The first-order valence-corrected chi connectivity index (χ1v) is 12.0. The minimum absolute atomic E-state index is 0.00323. The lowest BCUT2D eigenvalue weighted by Crippen LogP contribution is -2.41. The molecule has 172 valence electrons. The predicted octanol–water partition coefficient (Wildman–Crippen LogP) is 4.77. The third-order valence-corrected chi connectivity index (χ3v) is 7.24. The molecule has 4 aromatic rings. The van der Waals surface area contributed by atoms with Crippen molar-refractivity contribution in [2.24, 2.45) is 5.92 Å². The van der Waals surface area contributed by atoms with Crippen LogP contribution < -0.4 is 0 Å². The van der Waals surface area contributed by atoms with E-state index in [0.29, 0.717) is 39.6 Å². The second-order valence-electron chi connectivity index (χ2n) is 7.91. The number of hydrogen-bond acceptors (Lipinski definition) is 8. The number of fused-ring (bicyclic) bond motifs is 1. The number of halogens is 1. The highest BCUT2D eigenvalue weighted by atomic mass is 35.5. The lowest BCUT2D eigenvalue weighted by Gasteiger charge is -2.37. The van der Waals surface area contributed by atoms with E-state index in [1.54, 1.807) is 18.4 Å². The number of thiazole rings is 1. The average Bonchev–Trinajstić information content (AvgIpc) is 3.55. The number of carbonyl (C=O) groups is 1. The summed E-state index contributed by atoms with van der Waals surface area (Å²) in [4.78, 5) is 20.4. The van der Waals surface area contributed by atoms with Crippen LogP contribution in [-0.4, -0.2) is 50.3 Å². The number of piperidine rings is 1. The monoisotopic (exact) mass is 486 g/mol. The SMILES string of the molecule is CCOC(=O)[C@H]1CCCN([C@H](c2ccccc2Cl)c2sc3nc(-c4ccco4)nn3c2O)C1. The largest absolute Gasteiger partial charge is 0.492 e. The molecule has 3 aromatic heterocycles. The quantitative estimate of drug-likeness (QED) is 0.392. The first kappa shape index (κ1) is 21.9.